The molecule has 0 bridgehead atoms. The highest BCUT2D eigenvalue weighted by Gasteiger charge is 2.22. The molecule has 1 saturated heterocycles. The Bertz CT molecular complexity index is 871. The van der Waals surface area contributed by atoms with E-state index in [0.29, 0.717) is 12.1 Å². The molecule has 1 aromatic carbocycles. The summed E-state index contributed by atoms with van der Waals surface area (Å²) in [6, 6.07) is 17.9. The van der Waals surface area contributed by atoms with Crippen LogP contribution in [0.3, 0.4) is 0 Å². The van der Waals surface area contributed by atoms with Gasteiger partial charge in [-0.05, 0) is 29.8 Å². The van der Waals surface area contributed by atoms with Gasteiger partial charge in [0.05, 0.1) is 18.4 Å². The fourth-order valence-corrected chi connectivity index (χ4v) is 3.35. The molecule has 0 aliphatic carbocycles. The number of hydrogen-bond acceptors (Lipinski definition) is 5. The Labute approximate surface area is 164 Å². The van der Waals surface area contributed by atoms with E-state index in [1.165, 1.54) is 5.56 Å². The van der Waals surface area contributed by atoms with Gasteiger partial charge in [-0.3, -0.25) is 9.69 Å². The molecule has 1 fully saturated rings. The lowest BCUT2D eigenvalue weighted by atomic mass is 10.2. The van der Waals surface area contributed by atoms with Gasteiger partial charge in [-0.2, -0.15) is 0 Å². The number of nitrogens with one attached hydrogen (secondary N) is 1. The molecule has 1 aliphatic heterocycles. The number of rotatable bonds is 6. The molecule has 4 rings (SSSR count). The van der Waals surface area contributed by atoms with Crippen molar-refractivity contribution in [3.8, 4) is 0 Å². The van der Waals surface area contributed by atoms with Crippen LogP contribution in [0.25, 0.3) is 0 Å². The zero-order valence-corrected chi connectivity index (χ0v) is 15.8. The molecule has 2 aromatic heterocycles. The maximum absolute atomic E-state index is 12.8. The highest BCUT2D eigenvalue weighted by molar-refractivity contribution is 5.94. The van der Waals surface area contributed by atoms with Gasteiger partial charge in [0.1, 0.15) is 11.6 Å². The number of benzene rings is 1. The maximum Gasteiger partial charge on any atom is 0.255 e. The average Bonchev–Trinajstić information content (AvgIpc) is 3.27. The van der Waals surface area contributed by atoms with E-state index in [2.05, 4.69) is 39.5 Å². The predicted octanol–water partition coefficient (Wildman–Crippen LogP) is 3.24. The van der Waals surface area contributed by atoms with Crippen LogP contribution in [0.15, 0.2) is 71.5 Å². The Morgan fingerprint density at radius 1 is 1.00 bits per heavy atom. The third-order valence-corrected chi connectivity index (χ3v) is 4.94. The van der Waals surface area contributed by atoms with E-state index in [0.717, 1.165) is 44.3 Å². The van der Waals surface area contributed by atoms with E-state index < -0.39 is 0 Å². The number of carbonyl (C=O) groups excluding carboxylic acids is 1. The molecule has 28 heavy (non-hydrogen) atoms. The zero-order valence-electron chi connectivity index (χ0n) is 15.8. The molecule has 0 spiro atoms. The molecule has 0 unspecified atom stereocenters. The van der Waals surface area contributed by atoms with Crippen LogP contribution >= 0.6 is 0 Å². The minimum Gasteiger partial charge on any atom is -0.467 e. The lowest BCUT2D eigenvalue weighted by molar-refractivity contribution is 0.0628. The predicted molar refractivity (Wildman–Crippen MR) is 108 cm³/mol. The number of furan rings is 1. The van der Waals surface area contributed by atoms with Crippen LogP contribution < -0.4 is 5.32 Å². The Morgan fingerprint density at radius 3 is 2.50 bits per heavy atom. The van der Waals surface area contributed by atoms with Crippen LogP contribution in [0, 0.1) is 0 Å². The normalized spacial score (nSPS) is 14.8. The summed E-state index contributed by atoms with van der Waals surface area (Å²) in [6.45, 7) is 4.75. The van der Waals surface area contributed by atoms with Gasteiger partial charge in [-0.25, -0.2) is 4.98 Å². The summed E-state index contributed by atoms with van der Waals surface area (Å²) in [5, 5.41) is 3.19. The number of piperazine rings is 1. The van der Waals surface area contributed by atoms with Crippen molar-refractivity contribution in [3.63, 3.8) is 0 Å². The van der Waals surface area contributed by atoms with Gasteiger partial charge >= 0.3 is 0 Å². The summed E-state index contributed by atoms with van der Waals surface area (Å²) in [5.74, 6) is 1.61. The highest BCUT2D eigenvalue weighted by Crippen LogP contribution is 2.13. The number of anilines is 1. The first kappa shape index (κ1) is 18.3. The third kappa shape index (κ3) is 4.58. The topological polar surface area (TPSA) is 61.6 Å². The van der Waals surface area contributed by atoms with E-state index in [4.69, 9.17) is 4.42 Å². The Morgan fingerprint density at radius 2 is 1.82 bits per heavy atom. The third-order valence-electron chi connectivity index (χ3n) is 4.94. The van der Waals surface area contributed by atoms with Crippen molar-refractivity contribution >= 4 is 11.7 Å². The van der Waals surface area contributed by atoms with Crippen LogP contribution in [-0.2, 0) is 13.1 Å². The van der Waals surface area contributed by atoms with Gasteiger partial charge in [0, 0.05) is 38.9 Å². The van der Waals surface area contributed by atoms with E-state index in [9.17, 15) is 4.79 Å². The molecule has 6 heteroatoms. The molecule has 1 N–H and O–H groups in total. The van der Waals surface area contributed by atoms with Gasteiger partial charge in [0.2, 0.25) is 0 Å². The second-order valence-corrected chi connectivity index (χ2v) is 6.92. The molecule has 0 saturated carbocycles. The lowest BCUT2D eigenvalue weighted by Gasteiger charge is -2.34. The van der Waals surface area contributed by atoms with E-state index in [-0.39, 0.29) is 5.91 Å². The first-order chi connectivity index (χ1) is 13.8. The molecule has 6 nitrogen and oxygen atoms in total. The largest absolute Gasteiger partial charge is 0.467 e. The summed E-state index contributed by atoms with van der Waals surface area (Å²) in [4.78, 5) is 21.4. The molecule has 1 aliphatic rings. The first-order valence-corrected chi connectivity index (χ1v) is 9.56. The van der Waals surface area contributed by atoms with Gasteiger partial charge in [0.15, 0.2) is 0 Å². The molecular formula is C22H24N4O2. The van der Waals surface area contributed by atoms with Crippen molar-refractivity contribution in [1.82, 2.24) is 14.8 Å². The smallest absolute Gasteiger partial charge is 0.255 e. The standard InChI is InChI=1S/C22H24N4O2/c27-22(19-8-9-21(23-15-19)24-16-20-7-4-14-28-20)26-12-10-25(11-13-26)17-18-5-2-1-3-6-18/h1-9,14-15H,10-13,16-17H2,(H,23,24). The SMILES string of the molecule is O=C(c1ccc(NCc2ccco2)nc1)N1CCN(Cc2ccccc2)CC1. The monoisotopic (exact) mass is 376 g/mol. The maximum atomic E-state index is 12.8. The summed E-state index contributed by atoms with van der Waals surface area (Å²) in [6.07, 6.45) is 3.29. The van der Waals surface area contributed by atoms with Crippen LogP contribution in [0.2, 0.25) is 0 Å². The van der Waals surface area contributed by atoms with Crippen molar-refractivity contribution in [2.24, 2.45) is 0 Å². The average molecular weight is 376 g/mol. The molecule has 1 amide bonds. The molecule has 144 valence electrons. The molecule has 0 radical (unpaired) electrons. The van der Waals surface area contributed by atoms with Gasteiger partial charge < -0.3 is 14.6 Å². The molecular weight excluding hydrogens is 352 g/mol. The van der Waals surface area contributed by atoms with Gasteiger partial charge in [0.25, 0.3) is 5.91 Å². The first-order valence-electron chi connectivity index (χ1n) is 9.56. The number of aromatic nitrogens is 1. The van der Waals surface area contributed by atoms with Crippen LogP contribution in [0.4, 0.5) is 5.82 Å². The zero-order chi connectivity index (χ0) is 19.2. The van der Waals surface area contributed by atoms with Crippen LogP contribution in [0.5, 0.6) is 0 Å². The summed E-state index contributed by atoms with van der Waals surface area (Å²) in [5.41, 5.74) is 1.93. The van der Waals surface area contributed by atoms with Crippen molar-refractivity contribution < 1.29 is 9.21 Å². The summed E-state index contributed by atoms with van der Waals surface area (Å²) < 4.78 is 5.29. The Hall–Kier alpha value is -3.12. The van der Waals surface area contributed by atoms with Crippen molar-refractivity contribution in [1.29, 1.82) is 0 Å². The second-order valence-electron chi connectivity index (χ2n) is 6.92. The summed E-state index contributed by atoms with van der Waals surface area (Å²) >= 11 is 0. The van der Waals surface area contributed by atoms with Gasteiger partial charge in [-0.15, -0.1) is 0 Å². The fourth-order valence-electron chi connectivity index (χ4n) is 3.35. The molecule has 0 atom stereocenters. The number of nitrogens with zero attached hydrogens (tertiary/aromatic N) is 3. The second kappa shape index (κ2) is 8.71. The highest BCUT2D eigenvalue weighted by atomic mass is 16.3. The summed E-state index contributed by atoms with van der Waals surface area (Å²) in [7, 11) is 0. The Kier molecular flexibility index (Phi) is 5.68. The van der Waals surface area contributed by atoms with Crippen molar-refractivity contribution in [2.45, 2.75) is 13.1 Å². The lowest BCUT2D eigenvalue weighted by Crippen LogP contribution is -2.48. The number of carbonyl (C=O) groups is 1. The van der Waals surface area contributed by atoms with E-state index in [1.807, 2.05) is 35.2 Å². The van der Waals surface area contributed by atoms with Crippen LogP contribution in [-0.4, -0.2) is 46.9 Å². The molecule has 3 heterocycles. The van der Waals surface area contributed by atoms with E-state index >= 15 is 0 Å². The number of amides is 1. The Balaban J connectivity index is 1.27. The number of pyridine rings is 1. The number of hydrogen-bond donors (Lipinski definition) is 1. The van der Waals surface area contributed by atoms with Gasteiger partial charge in [-0.1, -0.05) is 30.3 Å². The van der Waals surface area contributed by atoms with Crippen molar-refractivity contribution in [2.75, 3.05) is 31.5 Å². The van der Waals surface area contributed by atoms with Crippen molar-refractivity contribution in [3.05, 3.63) is 83.9 Å². The minimum atomic E-state index is 0.0458. The molecule has 3 aromatic rings. The fraction of sp³-hybridized carbons (Fsp3) is 0.273. The minimum absolute atomic E-state index is 0.0458. The quantitative estimate of drug-likeness (QED) is 0.716. The van der Waals surface area contributed by atoms with Crippen LogP contribution in [0.1, 0.15) is 21.7 Å². The van der Waals surface area contributed by atoms with E-state index in [1.54, 1.807) is 12.5 Å².